The average Bonchev–Trinajstić information content (AvgIpc) is 2.90. The van der Waals surface area contributed by atoms with Crippen molar-refractivity contribution < 1.29 is 9.53 Å². The summed E-state index contributed by atoms with van der Waals surface area (Å²) < 4.78 is 7.37. The minimum Gasteiger partial charge on any atom is -0.383 e. The smallest absolute Gasteiger partial charge is 0.226 e. The van der Waals surface area contributed by atoms with Gasteiger partial charge in [0, 0.05) is 25.8 Å². The maximum atomic E-state index is 13.0. The number of carbonyl (C=O) groups excluding carboxylic acids is 1. The molecule has 2 aliphatic rings. The van der Waals surface area contributed by atoms with E-state index < -0.39 is 0 Å². The van der Waals surface area contributed by atoms with Gasteiger partial charge >= 0.3 is 0 Å². The highest BCUT2D eigenvalue weighted by atomic mass is 32.2. The summed E-state index contributed by atoms with van der Waals surface area (Å²) in [6.45, 7) is 2.13. The second kappa shape index (κ2) is 6.83. The van der Waals surface area contributed by atoms with Crippen LogP contribution in [0.25, 0.3) is 0 Å². The van der Waals surface area contributed by atoms with Crippen LogP contribution in [0.1, 0.15) is 25.0 Å². The summed E-state index contributed by atoms with van der Waals surface area (Å²) in [7, 11) is 1.71. The van der Waals surface area contributed by atoms with Crippen molar-refractivity contribution in [1.82, 2.24) is 14.7 Å². The Hall–Kier alpha value is -1.01. The van der Waals surface area contributed by atoms with Crippen LogP contribution < -0.4 is 0 Å². The first-order chi connectivity index (χ1) is 10.3. The van der Waals surface area contributed by atoms with Crippen molar-refractivity contribution in [3.8, 4) is 0 Å². The van der Waals surface area contributed by atoms with Gasteiger partial charge in [-0.2, -0.15) is 16.9 Å². The molecule has 1 aromatic rings. The molecule has 1 amide bonds. The number of amides is 1. The van der Waals surface area contributed by atoms with Crippen LogP contribution in [0.2, 0.25) is 0 Å². The van der Waals surface area contributed by atoms with Crippen molar-refractivity contribution >= 4 is 17.7 Å². The zero-order valence-corrected chi connectivity index (χ0v) is 13.3. The normalized spacial score (nSPS) is 23.7. The second-order valence-electron chi connectivity index (χ2n) is 5.80. The van der Waals surface area contributed by atoms with Crippen LogP contribution in [0.15, 0.2) is 12.3 Å². The number of rotatable bonds is 3. The molecule has 1 saturated heterocycles. The fourth-order valence-electron chi connectivity index (χ4n) is 3.23. The van der Waals surface area contributed by atoms with E-state index in [9.17, 15) is 4.79 Å². The van der Waals surface area contributed by atoms with E-state index in [1.165, 1.54) is 0 Å². The topological polar surface area (TPSA) is 47.4 Å². The lowest BCUT2D eigenvalue weighted by Crippen LogP contribution is -2.45. The number of carbonyl (C=O) groups is 1. The molecule has 0 spiro atoms. The Bertz CT molecular complexity index is 485. The van der Waals surface area contributed by atoms with Gasteiger partial charge in [-0.25, -0.2) is 0 Å². The number of nitrogens with zero attached hydrogens (tertiary/aromatic N) is 3. The minimum absolute atomic E-state index is 0.166. The molecule has 1 aromatic heterocycles. The monoisotopic (exact) mass is 309 g/mol. The van der Waals surface area contributed by atoms with Crippen molar-refractivity contribution in [3.63, 3.8) is 0 Å². The van der Waals surface area contributed by atoms with Crippen molar-refractivity contribution in [1.29, 1.82) is 0 Å². The van der Waals surface area contributed by atoms with Crippen LogP contribution in [0.5, 0.6) is 0 Å². The van der Waals surface area contributed by atoms with Gasteiger partial charge in [0.05, 0.1) is 24.9 Å². The van der Waals surface area contributed by atoms with Crippen LogP contribution >= 0.6 is 11.8 Å². The van der Waals surface area contributed by atoms with E-state index >= 15 is 0 Å². The fraction of sp³-hybridized carbons (Fsp3) is 0.733. The highest BCUT2D eigenvalue weighted by Crippen LogP contribution is 2.27. The van der Waals surface area contributed by atoms with E-state index in [0.29, 0.717) is 19.1 Å². The van der Waals surface area contributed by atoms with E-state index in [1.54, 1.807) is 7.11 Å². The molecule has 1 fully saturated rings. The Balaban J connectivity index is 1.78. The summed E-state index contributed by atoms with van der Waals surface area (Å²) in [5.74, 6) is 2.72. The molecular formula is C15H23N3O2S. The lowest BCUT2D eigenvalue weighted by atomic mass is 9.99. The van der Waals surface area contributed by atoms with Crippen molar-refractivity contribution in [2.45, 2.75) is 38.4 Å². The summed E-state index contributed by atoms with van der Waals surface area (Å²) in [5.41, 5.74) is 1.13. The zero-order chi connectivity index (χ0) is 14.7. The van der Waals surface area contributed by atoms with E-state index in [0.717, 1.165) is 43.0 Å². The number of methoxy groups -OCH3 is 1. The summed E-state index contributed by atoms with van der Waals surface area (Å²) in [5, 5.41) is 4.35. The van der Waals surface area contributed by atoms with Gasteiger partial charge in [-0.15, -0.1) is 0 Å². The van der Waals surface area contributed by atoms with E-state index in [-0.39, 0.29) is 12.0 Å². The molecule has 3 rings (SSSR count). The van der Waals surface area contributed by atoms with Gasteiger partial charge < -0.3 is 9.64 Å². The molecule has 0 radical (unpaired) electrons. The number of hydrogen-bond acceptors (Lipinski definition) is 4. The van der Waals surface area contributed by atoms with Crippen LogP contribution in [0.3, 0.4) is 0 Å². The molecule has 21 heavy (non-hydrogen) atoms. The quantitative estimate of drug-likeness (QED) is 0.854. The Morgan fingerprint density at radius 3 is 3.00 bits per heavy atom. The van der Waals surface area contributed by atoms with Gasteiger partial charge in [-0.1, -0.05) is 0 Å². The standard InChI is InChI=1S/C15H23N3O2S/c1-20-11-14-3-7-18-13(2-6-16-18)10-17(14)15(19)12-4-8-21-9-5-12/h2,6,12,14H,3-5,7-11H2,1H3. The molecule has 6 heteroatoms. The number of aryl methyl sites for hydroxylation is 1. The molecule has 3 heterocycles. The van der Waals surface area contributed by atoms with Gasteiger partial charge in [0.2, 0.25) is 5.91 Å². The van der Waals surface area contributed by atoms with Gasteiger partial charge in [-0.3, -0.25) is 9.48 Å². The molecule has 0 aliphatic carbocycles. The molecular weight excluding hydrogens is 286 g/mol. The highest BCUT2D eigenvalue weighted by Gasteiger charge is 2.33. The van der Waals surface area contributed by atoms with Gasteiger partial charge in [-0.05, 0) is 36.8 Å². The number of fused-ring (bicyclic) bond motifs is 1. The van der Waals surface area contributed by atoms with E-state index in [4.69, 9.17) is 4.74 Å². The molecule has 2 aliphatic heterocycles. The fourth-order valence-corrected chi connectivity index (χ4v) is 4.34. The Morgan fingerprint density at radius 2 is 2.24 bits per heavy atom. The number of hydrogen-bond donors (Lipinski definition) is 0. The molecule has 5 nitrogen and oxygen atoms in total. The minimum atomic E-state index is 0.166. The van der Waals surface area contributed by atoms with Crippen LogP contribution in [0, 0.1) is 5.92 Å². The Morgan fingerprint density at radius 1 is 1.43 bits per heavy atom. The third-order valence-corrected chi connectivity index (χ3v) is 5.51. The maximum absolute atomic E-state index is 13.0. The largest absolute Gasteiger partial charge is 0.383 e. The van der Waals surface area contributed by atoms with Crippen LogP contribution in [0.4, 0.5) is 0 Å². The van der Waals surface area contributed by atoms with E-state index in [2.05, 4.69) is 5.10 Å². The number of aromatic nitrogens is 2. The summed E-state index contributed by atoms with van der Waals surface area (Å²) in [4.78, 5) is 15.0. The number of thioether (sulfide) groups is 1. The first kappa shape index (κ1) is 14.9. The van der Waals surface area contributed by atoms with Crippen LogP contribution in [-0.4, -0.2) is 51.9 Å². The SMILES string of the molecule is COCC1CCn2nccc2CN1C(=O)C1CCSCC1. The molecule has 0 bridgehead atoms. The average molecular weight is 309 g/mol. The van der Waals surface area contributed by atoms with Crippen molar-refractivity contribution in [2.75, 3.05) is 25.2 Å². The molecule has 0 N–H and O–H groups in total. The highest BCUT2D eigenvalue weighted by molar-refractivity contribution is 7.99. The molecule has 0 aromatic carbocycles. The summed E-state index contributed by atoms with van der Waals surface area (Å²) in [6.07, 6.45) is 4.76. The summed E-state index contributed by atoms with van der Waals surface area (Å²) >= 11 is 1.96. The predicted molar refractivity (Wildman–Crippen MR) is 83.1 cm³/mol. The molecule has 1 atom stereocenters. The van der Waals surface area contributed by atoms with Crippen LogP contribution in [-0.2, 0) is 22.6 Å². The van der Waals surface area contributed by atoms with Crippen molar-refractivity contribution in [3.05, 3.63) is 18.0 Å². The van der Waals surface area contributed by atoms with Crippen molar-refractivity contribution in [2.24, 2.45) is 5.92 Å². The third kappa shape index (κ3) is 3.26. The Kier molecular flexibility index (Phi) is 4.85. The van der Waals surface area contributed by atoms with E-state index in [1.807, 2.05) is 33.6 Å². The van der Waals surface area contributed by atoms with Gasteiger partial charge in [0.15, 0.2) is 0 Å². The molecule has 0 saturated carbocycles. The lowest BCUT2D eigenvalue weighted by molar-refractivity contribution is -0.140. The molecule has 1 unspecified atom stereocenters. The Labute approximate surface area is 130 Å². The third-order valence-electron chi connectivity index (χ3n) is 4.46. The van der Waals surface area contributed by atoms with Gasteiger partial charge in [0.1, 0.15) is 0 Å². The summed E-state index contributed by atoms with van der Waals surface area (Å²) in [6, 6.07) is 2.19. The maximum Gasteiger partial charge on any atom is 0.226 e. The first-order valence-electron chi connectivity index (χ1n) is 7.67. The molecule has 116 valence electrons. The lowest BCUT2D eigenvalue weighted by Gasteiger charge is -2.33. The number of ether oxygens (including phenoxy) is 1. The predicted octanol–water partition coefficient (Wildman–Crippen LogP) is 1.77. The van der Waals surface area contributed by atoms with Gasteiger partial charge in [0.25, 0.3) is 0 Å². The first-order valence-corrected chi connectivity index (χ1v) is 8.83. The zero-order valence-electron chi connectivity index (χ0n) is 12.5. The second-order valence-corrected chi connectivity index (χ2v) is 7.02.